The molecule has 3 N–H and O–H groups in total. The van der Waals surface area contributed by atoms with Gasteiger partial charge in [0.1, 0.15) is 11.4 Å². The van der Waals surface area contributed by atoms with Gasteiger partial charge in [0, 0.05) is 30.9 Å². The Kier molecular flexibility index (Phi) is 5.07. The average molecular weight is 422 g/mol. The fraction of sp³-hybridized carbons (Fsp3) is 0.524. The van der Waals surface area contributed by atoms with Crippen LogP contribution < -0.4 is 16.1 Å². The lowest BCUT2D eigenvalue weighted by atomic mass is 9.92. The zero-order chi connectivity index (χ0) is 20.9. The molecular formula is C21H25ClFN3O3. The largest absolute Gasteiger partial charge is 0.477 e. The van der Waals surface area contributed by atoms with Crippen molar-refractivity contribution in [3.63, 3.8) is 0 Å². The molecule has 2 heterocycles. The van der Waals surface area contributed by atoms with Crippen molar-refractivity contribution in [2.45, 2.75) is 57.0 Å². The quantitative estimate of drug-likeness (QED) is 0.784. The maximum absolute atomic E-state index is 15.2. The third kappa shape index (κ3) is 3.73. The Morgan fingerprint density at radius 2 is 2.07 bits per heavy atom. The minimum Gasteiger partial charge on any atom is -0.477 e. The first-order chi connectivity index (χ1) is 13.7. The molecule has 1 saturated carbocycles. The third-order valence-electron chi connectivity index (χ3n) is 5.90. The zero-order valence-corrected chi connectivity index (χ0v) is 17.1. The van der Waals surface area contributed by atoms with Gasteiger partial charge >= 0.3 is 5.97 Å². The van der Waals surface area contributed by atoms with Crippen LogP contribution >= 0.6 is 11.6 Å². The van der Waals surface area contributed by atoms with E-state index in [9.17, 15) is 14.7 Å². The normalized spacial score (nSPS) is 23.1. The van der Waals surface area contributed by atoms with Gasteiger partial charge in [-0.15, -0.1) is 0 Å². The molecule has 1 aliphatic carbocycles. The lowest BCUT2D eigenvalue weighted by Gasteiger charge is -2.37. The van der Waals surface area contributed by atoms with Crippen molar-refractivity contribution in [2.75, 3.05) is 18.0 Å². The molecule has 2 fully saturated rings. The van der Waals surface area contributed by atoms with E-state index in [1.807, 2.05) is 11.8 Å². The van der Waals surface area contributed by atoms with E-state index in [0.29, 0.717) is 18.6 Å². The number of hydrogen-bond acceptors (Lipinski definition) is 4. The van der Waals surface area contributed by atoms with Crippen LogP contribution in [0.3, 0.4) is 0 Å². The zero-order valence-electron chi connectivity index (χ0n) is 16.4. The van der Waals surface area contributed by atoms with Crippen molar-refractivity contribution >= 4 is 34.2 Å². The molecule has 0 bridgehead atoms. The summed E-state index contributed by atoms with van der Waals surface area (Å²) in [4.78, 5) is 26.1. The number of carboxylic acids is 1. The van der Waals surface area contributed by atoms with Gasteiger partial charge in [-0.05, 0) is 38.7 Å². The van der Waals surface area contributed by atoms with Crippen molar-refractivity contribution in [2.24, 2.45) is 5.73 Å². The number of nitrogens with two attached hydrogens (primary N) is 1. The molecule has 6 nitrogen and oxygen atoms in total. The molecule has 156 valence electrons. The van der Waals surface area contributed by atoms with Gasteiger partial charge in [-0.3, -0.25) is 4.79 Å². The molecular weight excluding hydrogens is 397 g/mol. The smallest absolute Gasteiger partial charge is 0.341 e. The van der Waals surface area contributed by atoms with Crippen LogP contribution in [-0.2, 0) is 0 Å². The topological polar surface area (TPSA) is 88.6 Å². The number of halogens is 2. The Labute approximate surface area is 173 Å². The number of hydrogen-bond donors (Lipinski definition) is 2. The first-order valence-electron chi connectivity index (χ1n) is 10.0. The molecule has 1 aromatic carbocycles. The molecule has 1 atom stereocenters. The number of carbonyl (C=O) groups is 1. The van der Waals surface area contributed by atoms with E-state index in [0.717, 1.165) is 44.6 Å². The Hall–Kier alpha value is -2.12. The molecule has 1 aromatic heterocycles. The van der Waals surface area contributed by atoms with Gasteiger partial charge in [0.05, 0.1) is 21.6 Å². The minimum absolute atomic E-state index is 0.00519. The number of pyridine rings is 1. The molecule has 2 aromatic rings. The Bertz CT molecular complexity index is 1050. The molecule has 0 spiro atoms. The van der Waals surface area contributed by atoms with Crippen LogP contribution in [-0.4, -0.2) is 34.3 Å². The van der Waals surface area contributed by atoms with Gasteiger partial charge in [0.15, 0.2) is 0 Å². The number of rotatable bonds is 3. The SMILES string of the molecule is C[C@@]1(N)CCCCCN(c2c(F)cc3c(=O)c(C(=O)O)cn(C4CC4)c3c2Cl)C1. The Morgan fingerprint density at radius 3 is 2.72 bits per heavy atom. The first-order valence-corrected chi connectivity index (χ1v) is 10.4. The van der Waals surface area contributed by atoms with E-state index in [-0.39, 0.29) is 27.7 Å². The summed E-state index contributed by atoms with van der Waals surface area (Å²) >= 11 is 6.72. The van der Waals surface area contributed by atoms with Crippen molar-refractivity contribution in [1.29, 1.82) is 0 Å². The molecule has 0 unspecified atom stereocenters. The molecule has 29 heavy (non-hydrogen) atoms. The molecule has 1 saturated heterocycles. The highest BCUT2D eigenvalue weighted by molar-refractivity contribution is 6.38. The van der Waals surface area contributed by atoms with Crippen molar-refractivity contribution in [3.05, 3.63) is 38.9 Å². The van der Waals surface area contributed by atoms with Gasteiger partial charge in [-0.25, -0.2) is 9.18 Å². The van der Waals surface area contributed by atoms with Crippen molar-refractivity contribution < 1.29 is 14.3 Å². The van der Waals surface area contributed by atoms with Gasteiger partial charge in [-0.2, -0.15) is 0 Å². The summed E-state index contributed by atoms with van der Waals surface area (Å²) in [5, 5.41) is 9.56. The monoisotopic (exact) mass is 421 g/mol. The number of aromatic carboxylic acids is 1. The fourth-order valence-corrected chi connectivity index (χ4v) is 4.72. The third-order valence-corrected chi connectivity index (χ3v) is 6.26. The summed E-state index contributed by atoms with van der Waals surface area (Å²) in [6.07, 6.45) is 6.86. The number of carboxylic acid groups (broad SMARTS) is 1. The van der Waals surface area contributed by atoms with Crippen LogP contribution in [0.5, 0.6) is 0 Å². The Morgan fingerprint density at radius 1 is 1.34 bits per heavy atom. The molecule has 0 radical (unpaired) electrons. The van der Waals surface area contributed by atoms with E-state index in [2.05, 4.69) is 0 Å². The van der Waals surface area contributed by atoms with E-state index in [1.165, 1.54) is 6.20 Å². The number of benzene rings is 1. The van der Waals surface area contributed by atoms with Gasteiger partial charge in [0.25, 0.3) is 0 Å². The van der Waals surface area contributed by atoms with E-state index in [4.69, 9.17) is 17.3 Å². The van der Waals surface area contributed by atoms with Gasteiger partial charge < -0.3 is 20.3 Å². The number of fused-ring (bicyclic) bond motifs is 1. The van der Waals surface area contributed by atoms with Crippen LogP contribution in [0.25, 0.3) is 10.9 Å². The maximum Gasteiger partial charge on any atom is 0.341 e. The van der Waals surface area contributed by atoms with E-state index >= 15 is 4.39 Å². The molecule has 1 aliphatic heterocycles. The van der Waals surface area contributed by atoms with Gasteiger partial charge in [-0.1, -0.05) is 24.4 Å². The molecule has 8 heteroatoms. The summed E-state index contributed by atoms with van der Waals surface area (Å²) in [7, 11) is 0. The minimum atomic E-state index is -1.32. The highest BCUT2D eigenvalue weighted by Gasteiger charge is 2.32. The maximum atomic E-state index is 15.2. The van der Waals surface area contributed by atoms with Crippen LogP contribution in [0.1, 0.15) is 61.8 Å². The van der Waals surface area contributed by atoms with Crippen LogP contribution in [0.2, 0.25) is 5.02 Å². The molecule has 2 aliphatic rings. The van der Waals surface area contributed by atoms with Gasteiger partial charge in [0.2, 0.25) is 5.43 Å². The number of nitrogens with zero attached hydrogens (tertiary/aromatic N) is 2. The van der Waals surface area contributed by atoms with Crippen molar-refractivity contribution in [3.8, 4) is 0 Å². The lowest BCUT2D eigenvalue weighted by molar-refractivity contribution is 0.0695. The predicted octanol–water partition coefficient (Wildman–Crippen LogP) is 3.92. The highest BCUT2D eigenvalue weighted by atomic mass is 35.5. The summed E-state index contributed by atoms with van der Waals surface area (Å²) in [6, 6.07) is 1.20. The van der Waals surface area contributed by atoms with E-state index in [1.54, 1.807) is 4.57 Å². The van der Waals surface area contributed by atoms with Crippen LogP contribution in [0, 0.1) is 5.82 Å². The fourth-order valence-electron chi connectivity index (χ4n) is 4.31. The number of aromatic nitrogens is 1. The highest BCUT2D eigenvalue weighted by Crippen LogP contribution is 2.42. The number of anilines is 1. The second-order valence-corrected chi connectivity index (χ2v) is 9.00. The molecule has 0 amide bonds. The average Bonchev–Trinajstić information content (AvgIpc) is 3.44. The Balaban J connectivity index is 1.95. The second-order valence-electron chi connectivity index (χ2n) is 8.62. The van der Waals surface area contributed by atoms with Crippen molar-refractivity contribution in [1.82, 2.24) is 4.57 Å². The van der Waals surface area contributed by atoms with Crippen LogP contribution in [0.15, 0.2) is 17.1 Å². The summed E-state index contributed by atoms with van der Waals surface area (Å²) in [6.45, 7) is 3.03. The van der Waals surface area contributed by atoms with Crippen LogP contribution in [0.4, 0.5) is 10.1 Å². The van der Waals surface area contributed by atoms with E-state index < -0.39 is 22.8 Å². The first kappa shape index (κ1) is 20.2. The standard InChI is InChI=1S/C21H25ClFN3O3/c1-21(24)7-3-2-4-8-25(11-21)18-15(23)9-13-17(16(18)22)26(12-5-6-12)10-14(19(13)27)20(28)29/h9-10,12H,2-8,11,24H2,1H3,(H,28,29)/t21-/m1/s1. The predicted molar refractivity (Wildman–Crippen MR) is 112 cm³/mol. The second kappa shape index (κ2) is 7.29. The summed E-state index contributed by atoms with van der Waals surface area (Å²) in [5.74, 6) is -1.95. The summed E-state index contributed by atoms with van der Waals surface area (Å²) in [5.41, 5.74) is 5.51. The molecule has 4 rings (SSSR count). The summed E-state index contributed by atoms with van der Waals surface area (Å²) < 4.78 is 17.0. The lowest BCUT2D eigenvalue weighted by Crippen LogP contribution is -2.49.